The molecule has 0 fully saturated rings. The van der Waals surface area contributed by atoms with Crippen LogP contribution in [0.4, 0.5) is 0 Å². The van der Waals surface area contributed by atoms with Crippen molar-refractivity contribution >= 4 is 86.9 Å². The van der Waals surface area contributed by atoms with Crippen LogP contribution in [0.1, 0.15) is 17.4 Å². The molecule has 51 heavy (non-hydrogen) atoms. The summed E-state index contributed by atoms with van der Waals surface area (Å²) in [6, 6.07) is 55.8. The minimum atomic E-state index is -0.400. The van der Waals surface area contributed by atoms with Gasteiger partial charge in [0.2, 0.25) is 5.84 Å². The number of para-hydroxylation sites is 2. The Kier molecular flexibility index (Phi) is 6.12. The van der Waals surface area contributed by atoms with Gasteiger partial charge in [-0.05, 0) is 71.8 Å². The zero-order valence-corrected chi connectivity index (χ0v) is 28.1. The second kappa shape index (κ2) is 11.0. The van der Waals surface area contributed by atoms with Crippen LogP contribution in [0.25, 0.3) is 75.0 Å². The summed E-state index contributed by atoms with van der Waals surface area (Å²) in [5.41, 5.74) is 8.54. The molecule has 0 bridgehead atoms. The molecule has 0 radical (unpaired) electrons. The van der Waals surface area contributed by atoms with Crippen molar-refractivity contribution in [3.63, 3.8) is 0 Å². The Balaban J connectivity index is 1.11. The normalized spacial score (nSPS) is 14.9. The molecular weight excluding hydrogens is 645 g/mol. The highest BCUT2D eigenvalue weighted by molar-refractivity contribution is 7.26. The number of amidine groups is 2. The first kappa shape index (κ1) is 28.3. The molecule has 10 aromatic rings. The summed E-state index contributed by atoms with van der Waals surface area (Å²) in [5.74, 6) is 1.77. The van der Waals surface area contributed by atoms with E-state index >= 15 is 0 Å². The van der Waals surface area contributed by atoms with Crippen LogP contribution >= 0.6 is 11.3 Å². The number of nitrogens with one attached hydrogen (secondary N) is 2. The predicted octanol–water partition coefficient (Wildman–Crippen LogP) is 9.76. The zero-order chi connectivity index (χ0) is 33.5. The standard InChI is InChI=1S/C45H28N4OS/c1-2-11-27(12-3-1)43-46-44(34-17-10-16-33-32-15-6-9-20-41(32)51-42(33)34)48-45(47-43)49-37-18-7-4-13-30(37)35-25-28(21-23-38(35)49)29-22-24-40-36(26-29)31-14-5-8-19-39(31)50-40/h1-26,45H,(H,46,47,48)/p+1. The predicted molar refractivity (Wildman–Crippen MR) is 212 cm³/mol. The van der Waals surface area contributed by atoms with E-state index < -0.39 is 6.29 Å². The van der Waals surface area contributed by atoms with Gasteiger partial charge < -0.3 is 4.42 Å². The van der Waals surface area contributed by atoms with E-state index in [4.69, 9.17) is 9.41 Å². The lowest BCUT2D eigenvalue weighted by Gasteiger charge is -2.19. The van der Waals surface area contributed by atoms with E-state index in [1.807, 2.05) is 23.5 Å². The lowest BCUT2D eigenvalue weighted by atomic mass is 10.0. The van der Waals surface area contributed by atoms with Gasteiger partial charge in [-0.2, -0.15) is 4.99 Å². The number of benzene rings is 7. The van der Waals surface area contributed by atoms with Gasteiger partial charge in [0.1, 0.15) is 11.2 Å². The van der Waals surface area contributed by atoms with Crippen LogP contribution in [0.2, 0.25) is 0 Å². The monoisotopic (exact) mass is 673 g/mol. The van der Waals surface area contributed by atoms with E-state index in [-0.39, 0.29) is 0 Å². The van der Waals surface area contributed by atoms with Gasteiger partial charge in [-0.3, -0.25) is 4.57 Å². The maximum atomic E-state index is 6.13. The van der Waals surface area contributed by atoms with Crippen LogP contribution in [0.3, 0.4) is 0 Å². The summed E-state index contributed by atoms with van der Waals surface area (Å²) in [6.07, 6.45) is -0.400. The molecule has 1 aliphatic rings. The van der Waals surface area contributed by atoms with Crippen molar-refractivity contribution in [3.8, 4) is 11.1 Å². The highest BCUT2D eigenvalue weighted by atomic mass is 32.1. The molecule has 6 heteroatoms. The first-order valence-corrected chi connectivity index (χ1v) is 18.0. The van der Waals surface area contributed by atoms with Crippen molar-refractivity contribution in [3.05, 3.63) is 169 Å². The summed E-state index contributed by atoms with van der Waals surface area (Å²) < 4.78 is 11.0. The number of thiophene rings is 1. The van der Waals surface area contributed by atoms with Gasteiger partial charge in [0.05, 0.1) is 22.2 Å². The summed E-state index contributed by atoms with van der Waals surface area (Å²) in [6.45, 7) is 0. The van der Waals surface area contributed by atoms with Gasteiger partial charge in [-0.1, -0.05) is 97.1 Å². The van der Waals surface area contributed by atoms with Crippen LogP contribution in [-0.2, 0) is 0 Å². The maximum Gasteiger partial charge on any atom is 0.284 e. The third kappa shape index (κ3) is 4.40. The molecule has 3 aromatic heterocycles. The number of nitrogens with zero attached hydrogens (tertiary/aromatic N) is 2. The van der Waals surface area contributed by atoms with Crippen LogP contribution in [0.15, 0.2) is 167 Å². The van der Waals surface area contributed by atoms with E-state index in [2.05, 4.69) is 160 Å². The molecule has 240 valence electrons. The largest absolute Gasteiger partial charge is 0.456 e. The Labute approximate surface area is 296 Å². The molecule has 1 unspecified atom stereocenters. The Morgan fingerprint density at radius 3 is 2.14 bits per heavy atom. The molecule has 0 aliphatic carbocycles. The summed E-state index contributed by atoms with van der Waals surface area (Å²) in [4.78, 5) is 9.25. The Morgan fingerprint density at radius 1 is 0.549 bits per heavy atom. The average molecular weight is 674 g/mol. The molecule has 0 saturated carbocycles. The first-order chi connectivity index (χ1) is 25.3. The lowest BCUT2D eigenvalue weighted by Crippen LogP contribution is -2.81. The van der Waals surface area contributed by atoms with Gasteiger partial charge >= 0.3 is 0 Å². The van der Waals surface area contributed by atoms with Gasteiger partial charge in [0.25, 0.3) is 12.1 Å². The smallest absolute Gasteiger partial charge is 0.284 e. The van der Waals surface area contributed by atoms with Crippen molar-refractivity contribution < 1.29 is 9.41 Å². The van der Waals surface area contributed by atoms with Crippen LogP contribution in [-0.4, -0.2) is 16.2 Å². The van der Waals surface area contributed by atoms with Gasteiger partial charge in [0, 0.05) is 41.7 Å². The third-order valence-corrected chi connectivity index (χ3v) is 11.4. The van der Waals surface area contributed by atoms with Crippen molar-refractivity contribution in [1.29, 1.82) is 0 Å². The second-order valence-electron chi connectivity index (χ2n) is 13.1. The number of furan rings is 1. The van der Waals surface area contributed by atoms with E-state index in [1.165, 1.54) is 30.9 Å². The summed E-state index contributed by atoms with van der Waals surface area (Å²) in [5, 5.41) is 10.9. The molecular formula is C45H29N4OS+. The number of hydrogen-bond acceptors (Lipinski definition) is 4. The fourth-order valence-corrected chi connectivity index (χ4v) is 8.99. The molecule has 2 N–H and O–H groups in total. The lowest BCUT2D eigenvalue weighted by molar-refractivity contribution is -0.530. The molecule has 1 aliphatic heterocycles. The van der Waals surface area contributed by atoms with Crippen LogP contribution in [0, 0.1) is 0 Å². The highest BCUT2D eigenvalue weighted by Gasteiger charge is 2.30. The molecule has 1 atom stereocenters. The molecule has 0 amide bonds. The summed E-state index contributed by atoms with van der Waals surface area (Å²) in [7, 11) is 0. The van der Waals surface area contributed by atoms with Crippen LogP contribution < -0.4 is 10.3 Å². The number of aromatic nitrogens is 1. The molecule has 0 saturated heterocycles. The quantitative estimate of drug-likeness (QED) is 0.196. The van der Waals surface area contributed by atoms with E-state index in [1.54, 1.807) is 0 Å². The Hall–Kier alpha value is -6.50. The average Bonchev–Trinajstić information content (AvgIpc) is 3.87. The zero-order valence-electron chi connectivity index (χ0n) is 27.3. The molecule has 0 spiro atoms. The van der Waals surface area contributed by atoms with E-state index in [0.717, 1.165) is 66.9 Å². The van der Waals surface area contributed by atoms with Crippen molar-refractivity contribution in [2.24, 2.45) is 4.99 Å². The minimum Gasteiger partial charge on any atom is -0.456 e. The number of rotatable bonds is 4. The second-order valence-corrected chi connectivity index (χ2v) is 14.1. The maximum absolute atomic E-state index is 6.13. The topological polar surface area (TPSA) is 56.4 Å². The van der Waals surface area contributed by atoms with Gasteiger partial charge in [-0.15, -0.1) is 11.3 Å². The molecule has 4 heterocycles. The SMILES string of the molecule is c1ccc(C2=[NH+]C(n3c4ccccc4c4cc(-c5ccc6oc7ccccc7c6c5)ccc43)N=C(c3cccc4c3sc3ccccc34)N2)cc1. The van der Waals surface area contributed by atoms with Crippen molar-refractivity contribution in [2.75, 3.05) is 0 Å². The summed E-state index contributed by atoms with van der Waals surface area (Å²) >= 11 is 1.82. The number of fused-ring (bicyclic) bond motifs is 9. The van der Waals surface area contributed by atoms with Crippen molar-refractivity contribution in [1.82, 2.24) is 9.88 Å². The molecule has 11 rings (SSSR count). The minimum absolute atomic E-state index is 0.400. The third-order valence-electron chi connectivity index (χ3n) is 10.2. The van der Waals surface area contributed by atoms with Gasteiger partial charge in [-0.25, -0.2) is 10.3 Å². The fourth-order valence-electron chi connectivity index (χ4n) is 7.78. The number of aliphatic imine (C=N–C) groups is 1. The number of hydrogen-bond donors (Lipinski definition) is 2. The molecule has 5 nitrogen and oxygen atoms in total. The Morgan fingerprint density at radius 2 is 1.24 bits per heavy atom. The van der Waals surface area contributed by atoms with Crippen molar-refractivity contribution in [2.45, 2.75) is 6.29 Å². The molecule has 7 aromatic carbocycles. The van der Waals surface area contributed by atoms with E-state index in [9.17, 15) is 0 Å². The fraction of sp³-hybridized carbons (Fsp3) is 0.0222. The first-order valence-electron chi connectivity index (χ1n) is 17.2. The van der Waals surface area contributed by atoms with Crippen LogP contribution in [0.5, 0.6) is 0 Å². The Bertz CT molecular complexity index is 3070. The van der Waals surface area contributed by atoms with E-state index in [0.29, 0.717) is 0 Å². The van der Waals surface area contributed by atoms with Gasteiger partial charge in [0.15, 0.2) is 0 Å². The highest BCUT2D eigenvalue weighted by Crippen LogP contribution is 2.38.